The van der Waals surface area contributed by atoms with Gasteiger partial charge in [0.2, 0.25) is 35.4 Å². The average Bonchev–Trinajstić information content (AvgIpc) is 3.54. The monoisotopic (exact) mass is 736 g/mol. The number of likely N-dealkylation sites (tertiary alicyclic amines) is 1. The highest BCUT2D eigenvalue weighted by molar-refractivity contribution is 7.80. The van der Waals surface area contributed by atoms with Crippen molar-refractivity contribution >= 4 is 78.6 Å². The molecule has 6 atom stereocenters. The number of hydrogen-bond donors (Lipinski definition) is 13. The molecule has 0 radical (unpaired) electrons. The van der Waals surface area contributed by atoms with Gasteiger partial charge in [-0.1, -0.05) is 0 Å². The minimum atomic E-state index is -1.78. The number of carbonyl (C=O) groups excluding carboxylic acids is 6. The highest BCUT2D eigenvalue weighted by atomic mass is 32.1. The Bertz CT molecular complexity index is 1250. The molecule has 0 spiro atoms. The Kier molecular flexibility index (Phi) is 18.8. The van der Waals surface area contributed by atoms with Crippen molar-refractivity contribution < 1.29 is 53.7 Å². The maximum atomic E-state index is 13.2. The van der Waals surface area contributed by atoms with Crippen molar-refractivity contribution in [1.29, 1.82) is 0 Å². The summed E-state index contributed by atoms with van der Waals surface area (Å²) in [7, 11) is 0. The Labute approximate surface area is 291 Å². The summed E-state index contributed by atoms with van der Waals surface area (Å²) in [6.07, 6.45) is -0.177. The summed E-state index contributed by atoms with van der Waals surface area (Å²) in [6, 6.07) is -8.12. The number of carboxylic acids is 2. The van der Waals surface area contributed by atoms with E-state index in [-0.39, 0.29) is 49.8 Å². The molecule has 0 aromatic rings. The van der Waals surface area contributed by atoms with E-state index in [4.69, 9.17) is 17.2 Å². The number of nitrogens with zero attached hydrogens (tertiary/aromatic N) is 2. The molecular formula is C26H44N10O11S2. The van der Waals surface area contributed by atoms with Crippen LogP contribution < -0.4 is 43.8 Å². The first-order valence-corrected chi connectivity index (χ1v) is 16.2. The number of aliphatic hydroxyl groups excluding tert-OH is 1. The number of rotatable bonds is 21. The van der Waals surface area contributed by atoms with Crippen molar-refractivity contribution in [2.24, 2.45) is 22.2 Å². The van der Waals surface area contributed by atoms with E-state index in [1.54, 1.807) is 0 Å². The van der Waals surface area contributed by atoms with Crippen molar-refractivity contribution in [2.45, 2.75) is 68.4 Å². The minimum Gasteiger partial charge on any atom is -0.481 e. The van der Waals surface area contributed by atoms with Gasteiger partial charge in [0.1, 0.15) is 30.2 Å². The first-order valence-electron chi connectivity index (χ1n) is 14.9. The summed E-state index contributed by atoms with van der Waals surface area (Å²) >= 11 is 7.82. The SMILES string of the molecule is NC(N)=NCCC[C@H](NC(=O)[C@@H](N)CS)C(=O)NCC(=O)N[C@@H](CC(=O)O)C(=O)N[C@@H](CO)C(=O)N1CCC[C@H]1C(=O)N[C@@H](CS)C(=O)O. The molecule has 14 N–H and O–H groups in total. The second-order valence-electron chi connectivity index (χ2n) is 10.8. The molecule has 1 saturated heterocycles. The van der Waals surface area contributed by atoms with Gasteiger partial charge in [-0.2, -0.15) is 25.3 Å². The van der Waals surface area contributed by atoms with E-state index in [0.717, 1.165) is 4.90 Å². The van der Waals surface area contributed by atoms with E-state index in [1.807, 2.05) is 0 Å². The van der Waals surface area contributed by atoms with Crippen molar-refractivity contribution in [3.8, 4) is 0 Å². The quantitative estimate of drug-likeness (QED) is 0.0226. The molecule has 0 aromatic carbocycles. The topological polar surface area (TPSA) is 351 Å². The molecule has 1 rings (SSSR count). The highest BCUT2D eigenvalue weighted by Crippen LogP contribution is 2.19. The molecule has 1 aliphatic heterocycles. The van der Waals surface area contributed by atoms with E-state index in [9.17, 15) is 53.7 Å². The number of nitrogens with two attached hydrogens (primary N) is 3. The van der Waals surface area contributed by atoms with E-state index < -0.39 is 103 Å². The van der Waals surface area contributed by atoms with Crippen LogP contribution in [0, 0.1) is 0 Å². The van der Waals surface area contributed by atoms with Crippen LogP contribution in [0.2, 0.25) is 0 Å². The predicted octanol–water partition coefficient (Wildman–Crippen LogP) is -6.18. The van der Waals surface area contributed by atoms with Crippen LogP contribution in [0.3, 0.4) is 0 Å². The van der Waals surface area contributed by atoms with Crippen LogP contribution in [0.5, 0.6) is 0 Å². The lowest BCUT2D eigenvalue weighted by atomic mass is 10.1. The molecule has 0 unspecified atom stereocenters. The van der Waals surface area contributed by atoms with Crippen LogP contribution in [-0.2, 0) is 38.4 Å². The Hall–Kier alpha value is -4.35. The summed E-state index contributed by atoms with van der Waals surface area (Å²) in [5.41, 5.74) is 16.2. The fraction of sp³-hybridized carbons (Fsp3) is 0.654. The minimum absolute atomic E-state index is 0.0239. The standard InChI is InChI=1S/C26H44N10O11S2/c27-12(10-48)20(41)33-13(3-1-5-30-26(28)29)21(42)31-8-18(38)32-14(7-19(39)40)22(43)34-15(9-37)24(45)36-6-2-4-17(36)23(44)35-16(11-49)25(46)47/h12-17,37,48-49H,1-11,27H2,(H,31,42)(H,32,38)(H,33,41)(H,34,43)(H,35,44)(H,39,40)(H,46,47)(H4,28,29,30)/t12-,13-,14-,15-,16-,17-/m0/s1. The molecule has 1 fully saturated rings. The van der Waals surface area contributed by atoms with Crippen LogP contribution in [0.25, 0.3) is 0 Å². The lowest BCUT2D eigenvalue weighted by Gasteiger charge is -2.29. The van der Waals surface area contributed by atoms with Gasteiger partial charge in [0.25, 0.3) is 0 Å². The summed E-state index contributed by atoms with van der Waals surface area (Å²) in [6.45, 7) is -1.58. The molecule has 276 valence electrons. The van der Waals surface area contributed by atoms with Gasteiger partial charge >= 0.3 is 11.9 Å². The molecule has 0 saturated carbocycles. The molecule has 1 heterocycles. The highest BCUT2D eigenvalue weighted by Gasteiger charge is 2.39. The number of thiol groups is 2. The molecule has 21 nitrogen and oxygen atoms in total. The third-order valence-electron chi connectivity index (χ3n) is 7.00. The van der Waals surface area contributed by atoms with Gasteiger partial charge in [-0.3, -0.25) is 38.6 Å². The molecule has 0 aromatic heterocycles. The Balaban J connectivity index is 2.94. The maximum Gasteiger partial charge on any atom is 0.327 e. The summed E-state index contributed by atoms with van der Waals surface area (Å²) in [4.78, 5) is 104. The van der Waals surface area contributed by atoms with Gasteiger partial charge in [0.15, 0.2) is 5.96 Å². The zero-order valence-electron chi connectivity index (χ0n) is 26.4. The maximum absolute atomic E-state index is 13.2. The van der Waals surface area contributed by atoms with Gasteiger partial charge in [0, 0.05) is 24.6 Å². The number of aliphatic imine (C=N–C) groups is 1. The third-order valence-corrected chi connectivity index (χ3v) is 7.76. The fourth-order valence-electron chi connectivity index (χ4n) is 4.47. The second kappa shape index (κ2) is 21.6. The molecule has 23 heteroatoms. The van der Waals surface area contributed by atoms with E-state index in [1.165, 1.54) is 0 Å². The van der Waals surface area contributed by atoms with Gasteiger partial charge < -0.3 is 64.0 Å². The van der Waals surface area contributed by atoms with Gasteiger partial charge in [-0.25, -0.2) is 4.79 Å². The fourth-order valence-corrected chi connectivity index (χ4v) is 4.88. The largest absolute Gasteiger partial charge is 0.481 e. The summed E-state index contributed by atoms with van der Waals surface area (Å²) < 4.78 is 0. The normalized spacial score (nSPS) is 16.9. The zero-order valence-corrected chi connectivity index (χ0v) is 28.2. The number of nitrogens with one attached hydrogen (secondary N) is 5. The first-order chi connectivity index (χ1) is 23.1. The number of guanidine groups is 1. The smallest absolute Gasteiger partial charge is 0.327 e. The number of carboxylic acid groups (broad SMARTS) is 2. The van der Waals surface area contributed by atoms with Crippen LogP contribution in [-0.4, -0.2) is 148 Å². The number of hydrogen-bond acceptors (Lipinski definition) is 13. The molecule has 49 heavy (non-hydrogen) atoms. The number of carbonyl (C=O) groups is 8. The molecule has 1 aliphatic rings. The first kappa shape index (κ1) is 42.7. The van der Waals surface area contributed by atoms with Crippen molar-refractivity contribution in [1.82, 2.24) is 31.5 Å². The van der Waals surface area contributed by atoms with Gasteiger partial charge in [-0.05, 0) is 25.7 Å². The summed E-state index contributed by atoms with van der Waals surface area (Å²) in [5, 5.41) is 39.7. The second-order valence-corrected chi connectivity index (χ2v) is 11.5. The number of aliphatic carboxylic acids is 2. The van der Waals surface area contributed by atoms with Crippen molar-refractivity contribution in [3.05, 3.63) is 0 Å². The van der Waals surface area contributed by atoms with E-state index in [0.29, 0.717) is 6.42 Å². The predicted molar refractivity (Wildman–Crippen MR) is 178 cm³/mol. The lowest BCUT2D eigenvalue weighted by Crippen LogP contribution is -2.59. The number of aliphatic hydroxyl groups is 1. The van der Waals surface area contributed by atoms with Gasteiger partial charge in [0.05, 0.1) is 25.6 Å². The van der Waals surface area contributed by atoms with Crippen LogP contribution in [0.4, 0.5) is 0 Å². The van der Waals surface area contributed by atoms with Crippen LogP contribution in [0.1, 0.15) is 32.1 Å². The van der Waals surface area contributed by atoms with Crippen molar-refractivity contribution in [3.63, 3.8) is 0 Å². The van der Waals surface area contributed by atoms with Crippen molar-refractivity contribution in [2.75, 3.05) is 37.7 Å². The molecule has 0 aliphatic carbocycles. The Morgan fingerprint density at radius 1 is 0.857 bits per heavy atom. The molecule has 6 amide bonds. The summed E-state index contributed by atoms with van der Waals surface area (Å²) in [5.74, 6) is -8.71. The van der Waals surface area contributed by atoms with E-state index in [2.05, 4.69) is 56.8 Å². The Morgan fingerprint density at radius 2 is 1.51 bits per heavy atom. The molecular weight excluding hydrogens is 692 g/mol. The zero-order chi connectivity index (χ0) is 37.3. The number of amides is 6. The van der Waals surface area contributed by atoms with Gasteiger partial charge in [-0.15, -0.1) is 0 Å². The van der Waals surface area contributed by atoms with E-state index >= 15 is 0 Å². The van der Waals surface area contributed by atoms with Crippen LogP contribution in [0.15, 0.2) is 4.99 Å². The lowest BCUT2D eigenvalue weighted by molar-refractivity contribution is -0.145. The average molecular weight is 737 g/mol. The Morgan fingerprint density at radius 3 is 2.06 bits per heavy atom. The third kappa shape index (κ3) is 14.7. The molecule has 0 bridgehead atoms. The van der Waals surface area contributed by atoms with Crippen LogP contribution >= 0.6 is 25.3 Å².